The standard InChI is InChI=1S/C9H9N5O/c10-6-1-8(13-2-6)9(15)14-7-3-11-5-12-4-7/h1-5,13H,10H2,(H,14,15). The van der Waals surface area contributed by atoms with Gasteiger partial charge in [-0.2, -0.15) is 0 Å². The van der Waals surface area contributed by atoms with E-state index < -0.39 is 0 Å². The molecule has 0 aliphatic heterocycles. The van der Waals surface area contributed by atoms with Crippen LogP contribution in [0.15, 0.2) is 31.0 Å². The lowest BCUT2D eigenvalue weighted by Crippen LogP contribution is -2.12. The van der Waals surface area contributed by atoms with Gasteiger partial charge < -0.3 is 16.0 Å². The summed E-state index contributed by atoms with van der Waals surface area (Å²) in [6.07, 6.45) is 5.97. The second-order valence-electron chi connectivity index (χ2n) is 2.93. The summed E-state index contributed by atoms with van der Waals surface area (Å²) in [4.78, 5) is 21.9. The van der Waals surface area contributed by atoms with Gasteiger partial charge in [0.05, 0.1) is 18.1 Å². The SMILES string of the molecule is Nc1c[nH]c(C(=O)Nc2cncnc2)c1. The summed E-state index contributed by atoms with van der Waals surface area (Å²) in [5, 5.41) is 2.62. The average Bonchev–Trinajstić information content (AvgIpc) is 2.66. The van der Waals surface area contributed by atoms with Crippen molar-refractivity contribution in [3.63, 3.8) is 0 Å². The highest BCUT2D eigenvalue weighted by atomic mass is 16.1. The van der Waals surface area contributed by atoms with Crippen molar-refractivity contribution in [3.05, 3.63) is 36.7 Å². The number of nitrogen functional groups attached to an aromatic ring is 1. The fraction of sp³-hybridized carbons (Fsp3) is 0. The monoisotopic (exact) mass is 203 g/mol. The molecule has 4 N–H and O–H groups in total. The van der Waals surface area contributed by atoms with Crippen LogP contribution in [0.25, 0.3) is 0 Å². The Bertz CT molecular complexity index is 464. The summed E-state index contributed by atoms with van der Waals surface area (Å²) in [5.74, 6) is -0.276. The number of aromatic amines is 1. The first-order valence-corrected chi connectivity index (χ1v) is 4.26. The zero-order valence-corrected chi connectivity index (χ0v) is 7.77. The third-order valence-corrected chi connectivity index (χ3v) is 1.77. The van der Waals surface area contributed by atoms with Crippen molar-refractivity contribution >= 4 is 17.3 Å². The molecule has 6 heteroatoms. The fourth-order valence-electron chi connectivity index (χ4n) is 1.10. The predicted octanol–water partition coefficient (Wildman–Crippen LogP) is 0.639. The summed E-state index contributed by atoms with van der Waals surface area (Å²) in [6.45, 7) is 0. The third kappa shape index (κ3) is 2.11. The van der Waals surface area contributed by atoms with Gasteiger partial charge in [0.1, 0.15) is 12.0 Å². The molecule has 0 unspecified atom stereocenters. The molecular formula is C9H9N5O. The van der Waals surface area contributed by atoms with E-state index in [1.807, 2.05) is 0 Å². The number of H-pyrrole nitrogens is 1. The van der Waals surface area contributed by atoms with Crippen LogP contribution in [0.3, 0.4) is 0 Å². The number of aromatic nitrogens is 3. The van der Waals surface area contributed by atoms with Gasteiger partial charge in [0.15, 0.2) is 0 Å². The molecule has 0 spiro atoms. The Morgan fingerprint density at radius 2 is 2.13 bits per heavy atom. The Morgan fingerprint density at radius 3 is 2.73 bits per heavy atom. The number of nitrogens with zero attached hydrogens (tertiary/aromatic N) is 2. The van der Waals surface area contributed by atoms with E-state index in [0.29, 0.717) is 17.1 Å². The van der Waals surface area contributed by atoms with Crippen molar-refractivity contribution in [2.24, 2.45) is 0 Å². The van der Waals surface area contributed by atoms with Crippen molar-refractivity contribution in [2.45, 2.75) is 0 Å². The van der Waals surface area contributed by atoms with Gasteiger partial charge in [-0.25, -0.2) is 9.97 Å². The number of anilines is 2. The first-order chi connectivity index (χ1) is 7.25. The fourth-order valence-corrected chi connectivity index (χ4v) is 1.10. The van der Waals surface area contributed by atoms with Gasteiger partial charge in [0.25, 0.3) is 5.91 Å². The molecule has 0 aliphatic rings. The summed E-state index contributed by atoms with van der Waals surface area (Å²) in [5.41, 5.74) is 6.93. The molecule has 0 aliphatic carbocycles. The number of hydrogen-bond acceptors (Lipinski definition) is 4. The number of carbonyl (C=O) groups excluding carboxylic acids is 1. The summed E-state index contributed by atoms with van der Waals surface area (Å²) >= 11 is 0. The van der Waals surface area contributed by atoms with E-state index in [-0.39, 0.29) is 5.91 Å². The van der Waals surface area contributed by atoms with Crippen molar-refractivity contribution in [2.75, 3.05) is 11.1 Å². The second-order valence-corrected chi connectivity index (χ2v) is 2.93. The largest absolute Gasteiger partial charge is 0.397 e. The molecule has 2 aromatic rings. The normalized spacial score (nSPS) is 9.87. The molecule has 0 saturated heterocycles. The van der Waals surface area contributed by atoms with Crippen LogP contribution in [0.4, 0.5) is 11.4 Å². The lowest BCUT2D eigenvalue weighted by Gasteiger charge is -2.01. The molecule has 2 heterocycles. The van der Waals surface area contributed by atoms with Gasteiger partial charge in [-0.1, -0.05) is 0 Å². The van der Waals surface area contributed by atoms with Crippen LogP contribution in [0.5, 0.6) is 0 Å². The Balaban J connectivity index is 2.11. The Hall–Kier alpha value is -2.37. The molecule has 0 bridgehead atoms. The predicted molar refractivity (Wildman–Crippen MR) is 55.2 cm³/mol. The average molecular weight is 203 g/mol. The van der Waals surface area contributed by atoms with Gasteiger partial charge in [0, 0.05) is 11.9 Å². The maximum atomic E-state index is 11.6. The molecular weight excluding hydrogens is 194 g/mol. The lowest BCUT2D eigenvalue weighted by atomic mass is 10.4. The van der Waals surface area contributed by atoms with Crippen LogP contribution in [0, 0.1) is 0 Å². The number of hydrogen-bond donors (Lipinski definition) is 3. The molecule has 6 nitrogen and oxygen atoms in total. The molecule has 2 rings (SSSR count). The van der Waals surface area contributed by atoms with E-state index in [1.54, 1.807) is 12.3 Å². The highest BCUT2D eigenvalue weighted by molar-refractivity contribution is 6.03. The van der Waals surface area contributed by atoms with E-state index in [1.165, 1.54) is 18.7 Å². The molecule has 15 heavy (non-hydrogen) atoms. The number of nitrogens with two attached hydrogens (primary N) is 1. The van der Waals surface area contributed by atoms with Gasteiger partial charge in [-0.15, -0.1) is 0 Å². The van der Waals surface area contributed by atoms with Crippen LogP contribution in [-0.2, 0) is 0 Å². The van der Waals surface area contributed by atoms with E-state index >= 15 is 0 Å². The molecule has 76 valence electrons. The first-order valence-electron chi connectivity index (χ1n) is 4.26. The molecule has 0 saturated carbocycles. The molecule has 0 fully saturated rings. The maximum absolute atomic E-state index is 11.6. The van der Waals surface area contributed by atoms with E-state index in [0.717, 1.165) is 0 Å². The minimum atomic E-state index is -0.276. The number of nitrogens with one attached hydrogen (secondary N) is 2. The number of rotatable bonds is 2. The highest BCUT2D eigenvalue weighted by Gasteiger charge is 2.07. The topological polar surface area (TPSA) is 96.7 Å². The van der Waals surface area contributed by atoms with Gasteiger partial charge in [0.2, 0.25) is 0 Å². The third-order valence-electron chi connectivity index (χ3n) is 1.77. The first kappa shape index (κ1) is 9.20. The minimum Gasteiger partial charge on any atom is -0.397 e. The molecule has 1 amide bonds. The van der Waals surface area contributed by atoms with Gasteiger partial charge >= 0.3 is 0 Å². The van der Waals surface area contributed by atoms with Crippen LogP contribution in [-0.4, -0.2) is 20.9 Å². The zero-order valence-electron chi connectivity index (χ0n) is 7.77. The van der Waals surface area contributed by atoms with E-state index in [4.69, 9.17) is 5.73 Å². The Kier molecular flexibility index (Phi) is 2.32. The molecule has 0 aromatic carbocycles. The summed E-state index contributed by atoms with van der Waals surface area (Å²) < 4.78 is 0. The van der Waals surface area contributed by atoms with Crippen LogP contribution < -0.4 is 11.1 Å². The Morgan fingerprint density at radius 1 is 1.40 bits per heavy atom. The molecule has 2 aromatic heterocycles. The lowest BCUT2D eigenvalue weighted by molar-refractivity contribution is 0.102. The number of amides is 1. The van der Waals surface area contributed by atoms with Crippen molar-refractivity contribution in [1.29, 1.82) is 0 Å². The quantitative estimate of drug-likeness (QED) is 0.667. The van der Waals surface area contributed by atoms with Gasteiger partial charge in [-0.05, 0) is 6.07 Å². The van der Waals surface area contributed by atoms with Crippen molar-refractivity contribution in [3.8, 4) is 0 Å². The molecule has 0 radical (unpaired) electrons. The number of carbonyl (C=O) groups is 1. The summed E-state index contributed by atoms with van der Waals surface area (Å²) in [6, 6.07) is 1.55. The summed E-state index contributed by atoms with van der Waals surface area (Å²) in [7, 11) is 0. The van der Waals surface area contributed by atoms with Crippen LogP contribution >= 0.6 is 0 Å². The maximum Gasteiger partial charge on any atom is 0.272 e. The van der Waals surface area contributed by atoms with E-state index in [2.05, 4.69) is 20.3 Å². The van der Waals surface area contributed by atoms with Crippen LogP contribution in [0.2, 0.25) is 0 Å². The minimum absolute atomic E-state index is 0.276. The van der Waals surface area contributed by atoms with E-state index in [9.17, 15) is 4.79 Å². The second kappa shape index (κ2) is 3.79. The smallest absolute Gasteiger partial charge is 0.272 e. The van der Waals surface area contributed by atoms with Crippen molar-refractivity contribution in [1.82, 2.24) is 15.0 Å². The Labute approximate surface area is 85.6 Å². The van der Waals surface area contributed by atoms with Crippen molar-refractivity contribution < 1.29 is 4.79 Å². The van der Waals surface area contributed by atoms with Gasteiger partial charge in [-0.3, -0.25) is 4.79 Å². The van der Waals surface area contributed by atoms with Crippen LogP contribution in [0.1, 0.15) is 10.5 Å². The zero-order chi connectivity index (χ0) is 10.7. The molecule has 0 atom stereocenters. The highest BCUT2D eigenvalue weighted by Crippen LogP contribution is 2.08.